The molecule has 1 saturated carbocycles. The first-order chi connectivity index (χ1) is 10.8. The van der Waals surface area contributed by atoms with Gasteiger partial charge in [-0.1, -0.05) is 55.8 Å². The van der Waals surface area contributed by atoms with Crippen molar-refractivity contribution in [2.45, 2.75) is 51.7 Å². The van der Waals surface area contributed by atoms with Gasteiger partial charge in [-0.25, -0.2) is 0 Å². The van der Waals surface area contributed by atoms with E-state index < -0.39 is 0 Å². The topological polar surface area (TPSA) is 25.2 Å². The third-order valence-electron chi connectivity index (χ3n) is 4.80. The Labute approximate surface area is 137 Å². The molecule has 3 heteroatoms. The van der Waals surface area contributed by atoms with Gasteiger partial charge in [0.2, 0.25) is 0 Å². The normalized spacial score (nSPS) is 16.1. The van der Waals surface area contributed by atoms with E-state index in [1.165, 1.54) is 43.4 Å². The van der Waals surface area contributed by atoms with Crippen LogP contribution < -0.4 is 0 Å². The number of benzene rings is 1. The standard InChI is InChI=1S/C19H24ClNO/c20-17-8-6-16(7-9-17)13-21-18(10-11-19(21)14-22)12-15-4-2-1-3-5-15/h6-11,15,22H,1-5,12-14H2. The third kappa shape index (κ3) is 3.74. The summed E-state index contributed by atoms with van der Waals surface area (Å²) in [6.45, 7) is 0.903. The second kappa shape index (κ2) is 7.34. The summed E-state index contributed by atoms with van der Waals surface area (Å²) in [6.07, 6.45) is 7.96. The number of nitrogens with zero attached hydrogens (tertiary/aromatic N) is 1. The first kappa shape index (κ1) is 15.6. The highest BCUT2D eigenvalue weighted by Crippen LogP contribution is 2.28. The van der Waals surface area contributed by atoms with E-state index in [0.717, 1.165) is 29.6 Å². The molecule has 1 fully saturated rings. The maximum atomic E-state index is 9.62. The van der Waals surface area contributed by atoms with Gasteiger partial charge < -0.3 is 9.67 Å². The lowest BCUT2D eigenvalue weighted by atomic mass is 9.86. The largest absolute Gasteiger partial charge is 0.390 e. The van der Waals surface area contributed by atoms with E-state index in [9.17, 15) is 5.11 Å². The van der Waals surface area contributed by atoms with E-state index in [2.05, 4.69) is 28.8 Å². The summed E-state index contributed by atoms with van der Waals surface area (Å²) in [5, 5.41) is 10.4. The lowest BCUT2D eigenvalue weighted by Gasteiger charge is -2.23. The summed E-state index contributed by atoms with van der Waals surface area (Å²) in [7, 11) is 0. The van der Waals surface area contributed by atoms with Crippen LogP contribution in [0.1, 0.15) is 49.1 Å². The van der Waals surface area contributed by atoms with Gasteiger partial charge in [0.15, 0.2) is 0 Å². The van der Waals surface area contributed by atoms with Crippen LogP contribution in [0.5, 0.6) is 0 Å². The van der Waals surface area contributed by atoms with E-state index in [1.54, 1.807) is 0 Å². The molecule has 0 atom stereocenters. The van der Waals surface area contributed by atoms with Gasteiger partial charge in [-0.05, 0) is 42.2 Å². The number of rotatable bonds is 5. The van der Waals surface area contributed by atoms with E-state index in [0.29, 0.717) is 0 Å². The van der Waals surface area contributed by atoms with Crippen LogP contribution in [0.4, 0.5) is 0 Å². The molecular weight excluding hydrogens is 294 g/mol. The Bertz CT molecular complexity index is 596. The Kier molecular flexibility index (Phi) is 5.22. The second-order valence-electron chi connectivity index (χ2n) is 6.39. The highest BCUT2D eigenvalue weighted by molar-refractivity contribution is 6.30. The molecule has 0 amide bonds. The van der Waals surface area contributed by atoms with Crippen molar-refractivity contribution < 1.29 is 5.11 Å². The van der Waals surface area contributed by atoms with Gasteiger partial charge in [-0.3, -0.25) is 0 Å². The first-order valence-corrected chi connectivity index (χ1v) is 8.66. The molecule has 1 aromatic heterocycles. The molecule has 118 valence electrons. The summed E-state index contributed by atoms with van der Waals surface area (Å²) in [4.78, 5) is 0. The van der Waals surface area contributed by atoms with Gasteiger partial charge in [0, 0.05) is 23.0 Å². The van der Waals surface area contributed by atoms with Gasteiger partial charge in [-0.2, -0.15) is 0 Å². The molecule has 1 aliphatic carbocycles. The Morgan fingerprint density at radius 1 is 0.955 bits per heavy atom. The lowest BCUT2D eigenvalue weighted by molar-refractivity contribution is 0.270. The zero-order valence-electron chi connectivity index (χ0n) is 13.0. The summed E-state index contributed by atoms with van der Waals surface area (Å²) in [5.74, 6) is 0.805. The average Bonchev–Trinajstić information content (AvgIpc) is 2.92. The minimum absolute atomic E-state index is 0.0955. The maximum absolute atomic E-state index is 9.62. The van der Waals surface area contributed by atoms with Crippen LogP contribution >= 0.6 is 11.6 Å². The number of aliphatic hydroxyl groups is 1. The molecule has 0 bridgehead atoms. The van der Waals surface area contributed by atoms with Gasteiger partial charge >= 0.3 is 0 Å². The molecule has 0 aliphatic heterocycles. The predicted molar refractivity (Wildman–Crippen MR) is 91.2 cm³/mol. The Morgan fingerprint density at radius 3 is 2.32 bits per heavy atom. The van der Waals surface area contributed by atoms with Crippen LogP contribution in [0, 0.1) is 5.92 Å². The number of hydrogen-bond donors (Lipinski definition) is 1. The van der Waals surface area contributed by atoms with Crippen LogP contribution in [-0.4, -0.2) is 9.67 Å². The van der Waals surface area contributed by atoms with Crippen LogP contribution in [-0.2, 0) is 19.6 Å². The van der Waals surface area contributed by atoms with Crippen molar-refractivity contribution >= 4 is 11.6 Å². The zero-order chi connectivity index (χ0) is 15.4. The van der Waals surface area contributed by atoms with Crippen molar-refractivity contribution in [1.29, 1.82) is 0 Å². The minimum atomic E-state index is 0.0955. The van der Waals surface area contributed by atoms with Crippen molar-refractivity contribution in [2.24, 2.45) is 5.92 Å². The van der Waals surface area contributed by atoms with Gasteiger partial charge in [0.25, 0.3) is 0 Å². The smallest absolute Gasteiger partial charge is 0.0833 e. The quantitative estimate of drug-likeness (QED) is 0.841. The van der Waals surface area contributed by atoms with Crippen molar-refractivity contribution in [2.75, 3.05) is 0 Å². The van der Waals surface area contributed by atoms with E-state index >= 15 is 0 Å². The Hall–Kier alpha value is -1.25. The predicted octanol–water partition coefficient (Wildman–Crippen LogP) is 4.80. The molecule has 1 N–H and O–H groups in total. The van der Waals surface area contributed by atoms with Crippen LogP contribution in [0.3, 0.4) is 0 Å². The molecule has 2 nitrogen and oxygen atoms in total. The molecule has 0 radical (unpaired) electrons. The average molecular weight is 318 g/mol. The molecule has 3 rings (SSSR count). The second-order valence-corrected chi connectivity index (χ2v) is 6.83. The third-order valence-corrected chi connectivity index (χ3v) is 5.05. The SMILES string of the molecule is OCc1ccc(CC2CCCCC2)n1Cc1ccc(Cl)cc1. The summed E-state index contributed by atoms with van der Waals surface area (Å²) >= 11 is 5.97. The maximum Gasteiger partial charge on any atom is 0.0833 e. The number of aliphatic hydroxyl groups excluding tert-OH is 1. The summed E-state index contributed by atoms with van der Waals surface area (Å²) in [5.41, 5.74) is 3.58. The molecule has 0 saturated heterocycles. The molecule has 0 spiro atoms. The fourth-order valence-corrected chi connectivity index (χ4v) is 3.66. The molecule has 1 aliphatic rings. The number of hydrogen-bond acceptors (Lipinski definition) is 1. The van der Waals surface area contributed by atoms with Crippen LogP contribution in [0.2, 0.25) is 5.02 Å². The van der Waals surface area contributed by atoms with Crippen molar-refractivity contribution in [3.63, 3.8) is 0 Å². The van der Waals surface area contributed by atoms with Crippen LogP contribution in [0.15, 0.2) is 36.4 Å². The molecule has 22 heavy (non-hydrogen) atoms. The highest BCUT2D eigenvalue weighted by atomic mass is 35.5. The Balaban J connectivity index is 1.78. The van der Waals surface area contributed by atoms with E-state index in [4.69, 9.17) is 11.6 Å². The van der Waals surface area contributed by atoms with Crippen LogP contribution in [0.25, 0.3) is 0 Å². The molecule has 1 heterocycles. The number of aromatic nitrogens is 1. The minimum Gasteiger partial charge on any atom is -0.390 e. The van der Waals surface area contributed by atoms with Crippen molar-refractivity contribution in [3.8, 4) is 0 Å². The summed E-state index contributed by atoms with van der Waals surface area (Å²) in [6, 6.07) is 12.2. The monoisotopic (exact) mass is 317 g/mol. The Morgan fingerprint density at radius 2 is 1.64 bits per heavy atom. The van der Waals surface area contributed by atoms with Crippen molar-refractivity contribution in [3.05, 3.63) is 58.4 Å². The highest BCUT2D eigenvalue weighted by Gasteiger charge is 2.17. The molecular formula is C19H24ClNO. The van der Waals surface area contributed by atoms with E-state index in [1.807, 2.05) is 12.1 Å². The molecule has 1 aromatic carbocycles. The van der Waals surface area contributed by atoms with Gasteiger partial charge in [0.05, 0.1) is 6.61 Å². The fourth-order valence-electron chi connectivity index (χ4n) is 3.54. The molecule has 2 aromatic rings. The van der Waals surface area contributed by atoms with Gasteiger partial charge in [-0.15, -0.1) is 0 Å². The number of halogens is 1. The zero-order valence-corrected chi connectivity index (χ0v) is 13.7. The molecule has 0 unspecified atom stereocenters. The lowest BCUT2D eigenvalue weighted by Crippen LogP contribution is -2.14. The fraction of sp³-hybridized carbons (Fsp3) is 0.474. The van der Waals surface area contributed by atoms with E-state index in [-0.39, 0.29) is 6.61 Å². The summed E-state index contributed by atoms with van der Waals surface area (Å²) < 4.78 is 2.28. The first-order valence-electron chi connectivity index (χ1n) is 8.29. The van der Waals surface area contributed by atoms with Crippen molar-refractivity contribution in [1.82, 2.24) is 4.57 Å². The van der Waals surface area contributed by atoms with Gasteiger partial charge in [0.1, 0.15) is 0 Å².